The van der Waals surface area contributed by atoms with E-state index in [1.807, 2.05) is 105 Å². The molecule has 0 spiro atoms. The van der Waals surface area contributed by atoms with Crippen LogP contribution < -0.4 is 10.6 Å². The number of benzene rings is 3. The average molecular weight is 779 g/mol. The molecule has 4 N–H and O–H groups in total. The Morgan fingerprint density at radius 2 is 1.47 bits per heavy atom. The van der Waals surface area contributed by atoms with E-state index < -0.39 is 47.7 Å². The van der Waals surface area contributed by atoms with E-state index in [0.29, 0.717) is 32.5 Å². The first-order chi connectivity index (χ1) is 27.2. The van der Waals surface area contributed by atoms with Crippen molar-refractivity contribution in [2.75, 3.05) is 20.1 Å². The number of nitrogens with zero attached hydrogens (tertiary/aromatic N) is 4. The van der Waals surface area contributed by atoms with E-state index in [4.69, 9.17) is 0 Å². The van der Waals surface area contributed by atoms with Gasteiger partial charge in [0.2, 0.25) is 11.8 Å². The number of fused-ring (bicyclic) bond motifs is 1. The monoisotopic (exact) mass is 778 g/mol. The molecule has 5 rings (SSSR count). The maximum atomic E-state index is 14.5. The third-order valence-electron chi connectivity index (χ3n) is 11.1. The standard InChI is InChI=1S/C45H58N6O6/c1-7-30(2)39(51-25-24-50(43(51)55)29-33-22-23-46-36-21-15-14-20-35(33)36)41(53)47-34(26-31-16-10-8-11-17-31)28-38(52)37(27-32-18-12-9-13-19-32)48-42(54)40(45(3,4)5)49(6)44(56)57/h8-23,30,34,37-40,52H,7,24-29H2,1-6H3,(H,47,53)(H,48,54)(H,56,57)/t30?,34-,37-,38-,39-,40?/m0/s1. The molecule has 1 aliphatic rings. The Labute approximate surface area is 336 Å². The molecule has 304 valence electrons. The summed E-state index contributed by atoms with van der Waals surface area (Å²) in [6.45, 7) is 10.6. The Balaban J connectivity index is 1.39. The molecule has 0 radical (unpaired) electrons. The zero-order valence-electron chi connectivity index (χ0n) is 34.0. The molecule has 1 fully saturated rings. The first-order valence-electron chi connectivity index (χ1n) is 19.9. The number of aliphatic hydroxyl groups excluding tert-OH is 1. The normalized spacial score (nSPS) is 16.4. The number of aromatic nitrogens is 1. The summed E-state index contributed by atoms with van der Waals surface area (Å²) < 4.78 is 0. The van der Waals surface area contributed by atoms with Gasteiger partial charge in [-0.2, -0.15) is 0 Å². The van der Waals surface area contributed by atoms with Crippen LogP contribution in [0.25, 0.3) is 10.9 Å². The fraction of sp³-hybridized carbons (Fsp3) is 0.444. The predicted molar refractivity (Wildman–Crippen MR) is 221 cm³/mol. The number of rotatable bonds is 17. The van der Waals surface area contributed by atoms with Crippen LogP contribution in [0.15, 0.2) is 97.2 Å². The van der Waals surface area contributed by atoms with E-state index in [1.165, 1.54) is 7.05 Å². The van der Waals surface area contributed by atoms with Gasteiger partial charge in [0.15, 0.2) is 0 Å². The number of pyridine rings is 1. The van der Waals surface area contributed by atoms with E-state index in [2.05, 4.69) is 15.6 Å². The molecule has 57 heavy (non-hydrogen) atoms. The molecule has 2 heterocycles. The molecule has 1 aromatic heterocycles. The average Bonchev–Trinajstić information content (AvgIpc) is 3.53. The van der Waals surface area contributed by atoms with E-state index in [-0.39, 0.29) is 30.7 Å². The zero-order valence-corrected chi connectivity index (χ0v) is 34.0. The Morgan fingerprint density at radius 1 is 0.860 bits per heavy atom. The van der Waals surface area contributed by atoms with E-state index in [1.54, 1.807) is 36.8 Å². The van der Waals surface area contributed by atoms with Gasteiger partial charge in [0.25, 0.3) is 0 Å². The summed E-state index contributed by atoms with van der Waals surface area (Å²) in [4.78, 5) is 63.5. The zero-order chi connectivity index (χ0) is 41.3. The highest BCUT2D eigenvalue weighted by atomic mass is 16.4. The Morgan fingerprint density at radius 3 is 2.09 bits per heavy atom. The summed E-state index contributed by atoms with van der Waals surface area (Å²) in [7, 11) is 1.37. The molecule has 12 nitrogen and oxygen atoms in total. The van der Waals surface area contributed by atoms with Crippen molar-refractivity contribution >= 4 is 34.8 Å². The Hall–Kier alpha value is -5.49. The molecule has 5 amide bonds. The predicted octanol–water partition coefficient (Wildman–Crippen LogP) is 6.12. The van der Waals surface area contributed by atoms with E-state index in [0.717, 1.165) is 32.5 Å². The van der Waals surface area contributed by atoms with Crippen LogP contribution >= 0.6 is 0 Å². The van der Waals surface area contributed by atoms with Gasteiger partial charge in [-0.25, -0.2) is 9.59 Å². The summed E-state index contributed by atoms with van der Waals surface area (Å²) in [6, 6.07) is 25.5. The highest BCUT2D eigenvalue weighted by molar-refractivity contribution is 5.89. The van der Waals surface area contributed by atoms with Gasteiger partial charge in [-0.1, -0.05) is 120 Å². The van der Waals surface area contributed by atoms with Crippen LogP contribution in [-0.2, 0) is 29.0 Å². The summed E-state index contributed by atoms with van der Waals surface area (Å²) in [5, 5.41) is 29.1. The number of likely N-dealkylation sites (N-methyl/N-ethyl adjacent to an activating group) is 1. The van der Waals surface area contributed by atoms with Crippen LogP contribution in [0.1, 0.15) is 64.2 Å². The lowest BCUT2D eigenvalue weighted by molar-refractivity contribution is -0.131. The summed E-state index contributed by atoms with van der Waals surface area (Å²) >= 11 is 0. The minimum atomic E-state index is -1.24. The molecule has 6 atom stereocenters. The van der Waals surface area contributed by atoms with Crippen LogP contribution in [0.4, 0.5) is 9.59 Å². The van der Waals surface area contributed by atoms with Crippen molar-refractivity contribution in [1.82, 2.24) is 30.3 Å². The number of hydrogen-bond acceptors (Lipinski definition) is 6. The smallest absolute Gasteiger partial charge is 0.407 e. The van der Waals surface area contributed by atoms with Gasteiger partial charge in [0.1, 0.15) is 12.1 Å². The quantitative estimate of drug-likeness (QED) is 0.101. The maximum Gasteiger partial charge on any atom is 0.407 e. The molecule has 3 aromatic carbocycles. The minimum absolute atomic E-state index is 0.0792. The number of para-hydroxylation sites is 1. The van der Waals surface area contributed by atoms with E-state index >= 15 is 0 Å². The minimum Gasteiger partial charge on any atom is -0.465 e. The van der Waals surface area contributed by atoms with Crippen LogP contribution in [0.2, 0.25) is 0 Å². The molecular weight excluding hydrogens is 721 g/mol. The third kappa shape index (κ3) is 10.9. The van der Waals surface area contributed by atoms with E-state index in [9.17, 15) is 29.4 Å². The topological polar surface area (TPSA) is 155 Å². The molecule has 2 unspecified atom stereocenters. The van der Waals surface area contributed by atoms with Gasteiger partial charge in [-0.05, 0) is 59.4 Å². The highest BCUT2D eigenvalue weighted by Crippen LogP contribution is 2.27. The molecule has 1 aliphatic heterocycles. The molecule has 0 saturated carbocycles. The maximum absolute atomic E-state index is 14.5. The number of amides is 5. The van der Waals surface area contributed by atoms with Crippen molar-refractivity contribution in [1.29, 1.82) is 0 Å². The third-order valence-corrected chi connectivity index (χ3v) is 11.1. The SMILES string of the molecule is CCC(C)[C@@H](C(=O)N[C@@H](Cc1ccccc1)C[C@H](O)[C@H](Cc1ccccc1)NC(=O)C(N(C)C(=O)O)C(C)(C)C)N1CCN(Cc2ccnc3ccccc23)C1=O. The fourth-order valence-corrected chi connectivity index (χ4v) is 7.94. The lowest BCUT2D eigenvalue weighted by Gasteiger charge is -2.37. The van der Waals surface area contributed by atoms with Crippen molar-refractivity contribution < 1.29 is 29.4 Å². The fourth-order valence-electron chi connectivity index (χ4n) is 7.94. The lowest BCUT2D eigenvalue weighted by atomic mass is 9.84. The van der Waals surface area contributed by atoms with Crippen LogP contribution in [0.5, 0.6) is 0 Å². The largest absolute Gasteiger partial charge is 0.465 e. The van der Waals surface area contributed by atoms with Crippen molar-refractivity contribution in [2.45, 2.75) is 97.1 Å². The number of aliphatic hydroxyl groups is 1. The first-order valence-corrected chi connectivity index (χ1v) is 19.9. The summed E-state index contributed by atoms with van der Waals surface area (Å²) in [6.07, 6.45) is 0.777. The Kier molecular flexibility index (Phi) is 14.3. The molecular formula is C45H58N6O6. The van der Waals surface area contributed by atoms with Crippen molar-refractivity contribution in [2.24, 2.45) is 11.3 Å². The number of nitrogens with one attached hydrogen (secondary N) is 2. The Bertz CT molecular complexity index is 1970. The second-order valence-corrected chi connectivity index (χ2v) is 16.4. The van der Waals surface area contributed by atoms with Crippen LogP contribution in [0, 0.1) is 11.3 Å². The van der Waals surface area contributed by atoms with Crippen LogP contribution in [0.3, 0.4) is 0 Å². The molecule has 4 aromatic rings. The number of carboxylic acid groups (broad SMARTS) is 1. The van der Waals surface area contributed by atoms with Crippen LogP contribution in [-0.4, -0.2) is 104 Å². The van der Waals surface area contributed by atoms with Gasteiger partial charge in [0.05, 0.1) is 17.7 Å². The highest BCUT2D eigenvalue weighted by Gasteiger charge is 2.42. The number of hydrogen-bond donors (Lipinski definition) is 4. The number of urea groups is 1. The second kappa shape index (κ2) is 19.1. The summed E-state index contributed by atoms with van der Waals surface area (Å²) in [5.41, 5.74) is 2.91. The number of carbonyl (C=O) groups excluding carboxylic acids is 3. The van der Waals surface area contributed by atoms with Crippen molar-refractivity contribution in [3.63, 3.8) is 0 Å². The van der Waals surface area contributed by atoms with Gasteiger partial charge < -0.3 is 30.6 Å². The molecule has 0 bridgehead atoms. The molecule has 0 aliphatic carbocycles. The first kappa shape index (κ1) is 42.6. The van der Waals surface area contributed by atoms with Gasteiger partial charge in [-0.15, -0.1) is 0 Å². The second-order valence-electron chi connectivity index (χ2n) is 16.4. The van der Waals surface area contributed by atoms with Gasteiger partial charge >= 0.3 is 12.1 Å². The number of carbonyl (C=O) groups is 4. The van der Waals surface area contributed by atoms with Gasteiger partial charge in [-0.3, -0.25) is 19.5 Å². The van der Waals surface area contributed by atoms with Gasteiger partial charge in [0, 0.05) is 44.3 Å². The molecule has 1 saturated heterocycles. The summed E-state index contributed by atoms with van der Waals surface area (Å²) in [5.74, 6) is -0.991. The molecule has 12 heteroatoms. The lowest BCUT2D eigenvalue weighted by Crippen LogP contribution is -2.58. The van der Waals surface area contributed by atoms with Crippen molar-refractivity contribution in [3.8, 4) is 0 Å². The van der Waals surface area contributed by atoms with Crippen molar-refractivity contribution in [3.05, 3.63) is 114 Å².